The molecule has 0 saturated heterocycles. The average Bonchev–Trinajstić information content (AvgIpc) is 2.75. The third-order valence-electron chi connectivity index (χ3n) is 5.14. The van der Waals surface area contributed by atoms with Crippen LogP contribution in [0.5, 0.6) is 5.75 Å². The molecule has 186 valence electrons. The molecular formula is C24H22ClF3N2O4S. The molecule has 6 nitrogen and oxygen atoms in total. The Kier molecular flexibility index (Phi) is 7.66. The first-order valence-electron chi connectivity index (χ1n) is 10.3. The summed E-state index contributed by atoms with van der Waals surface area (Å²) in [5.41, 5.74) is 1.27. The van der Waals surface area contributed by atoms with Crippen LogP contribution < -0.4 is 14.8 Å². The molecule has 0 fully saturated rings. The second kappa shape index (κ2) is 10.2. The second-order valence-electron chi connectivity index (χ2n) is 7.86. The van der Waals surface area contributed by atoms with Crippen molar-refractivity contribution in [3.05, 3.63) is 81.9 Å². The van der Waals surface area contributed by atoms with Crippen molar-refractivity contribution in [2.24, 2.45) is 0 Å². The number of halogens is 4. The molecule has 0 saturated carbocycles. The number of nitrogens with one attached hydrogen (secondary N) is 2. The van der Waals surface area contributed by atoms with Crippen molar-refractivity contribution in [3.8, 4) is 5.75 Å². The summed E-state index contributed by atoms with van der Waals surface area (Å²) >= 11 is 5.64. The zero-order valence-corrected chi connectivity index (χ0v) is 20.5. The molecule has 3 aromatic carbocycles. The normalized spacial score (nSPS) is 11.7. The highest BCUT2D eigenvalue weighted by atomic mass is 35.5. The van der Waals surface area contributed by atoms with Crippen LogP contribution in [0.2, 0.25) is 5.02 Å². The molecule has 35 heavy (non-hydrogen) atoms. The minimum atomic E-state index is -4.71. The van der Waals surface area contributed by atoms with Gasteiger partial charge in [-0.15, -0.1) is 0 Å². The predicted molar refractivity (Wildman–Crippen MR) is 128 cm³/mol. The number of hydrogen-bond donors (Lipinski definition) is 2. The van der Waals surface area contributed by atoms with Crippen LogP contribution in [-0.4, -0.2) is 20.9 Å². The Morgan fingerprint density at radius 2 is 1.66 bits per heavy atom. The number of sulfonamides is 1. The molecule has 3 aromatic rings. The maximum atomic E-state index is 13.2. The van der Waals surface area contributed by atoms with Gasteiger partial charge in [-0.1, -0.05) is 17.7 Å². The van der Waals surface area contributed by atoms with Crippen LogP contribution in [0.25, 0.3) is 0 Å². The first kappa shape index (κ1) is 26.4. The van der Waals surface area contributed by atoms with Crippen molar-refractivity contribution in [3.63, 3.8) is 0 Å². The fourth-order valence-corrected chi connectivity index (χ4v) is 4.47. The van der Waals surface area contributed by atoms with Gasteiger partial charge in [0, 0.05) is 10.7 Å². The van der Waals surface area contributed by atoms with E-state index in [9.17, 15) is 26.4 Å². The number of anilines is 2. The second-order valence-corrected chi connectivity index (χ2v) is 9.98. The highest BCUT2D eigenvalue weighted by Crippen LogP contribution is 2.36. The Hall–Kier alpha value is -3.24. The summed E-state index contributed by atoms with van der Waals surface area (Å²) < 4.78 is 73.0. The first-order valence-corrected chi connectivity index (χ1v) is 12.1. The van der Waals surface area contributed by atoms with Gasteiger partial charge in [0.25, 0.3) is 15.9 Å². The van der Waals surface area contributed by atoms with E-state index in [2.05, 4.69) is 10.0 Å². The predicted octanol–water partition coefficient (Wildman–Crippen LogP) is 6.10. The van der Waals surface area contributed by atoms with Gasteiger partial charge in [0.15, 0.2) is 6.61 Å². The first-order chi connectivity index (χ1) is 16.3. The van der Waals surface area contributed by atoms with Gasteiger partial charge in [0.05, 0.1) is 16.1 Å². The lowest BCUT2D eigenvalue weighted by Crippen LogP contribution is -2.22. The van der Waals surface area contributed by atoms with E-state index in [4.69, 9.17) is 16.3 Å². The van der Waals surface area contributed by atoms with E-state index in [1.165, 1.54) is 24.3 Å². The molecular weight excluding hydrogens is 505 g/mol. The Bertz CT molecular complexity index is 1380. The van der Waals surface area contributed by atoms with Crippen molar-refractivity contribution >= 4 is 38.9 Å². The number of alkyl halides is 3. The van der Waals surface area contributed by atoms with E-state index in [1.54, 1.807) is 19.1 Å². The highest BCUT2D eigenvalue weighted by Gasteiger charge is 2.34. The molecule has 0 aliphatic carbocycles. The number of benzene rings is 3. The van der Waals surface area contributed by atoms with Crippen LogP contribution in [0.1, 0.15) is 22.3 Å². The summed E-state index contributed by atoms with van der Waals surface area (Å²) in [6, 6.07) is 12.2. The van der Waals surface area contributed by atoms with E-state index in [-0.39, 0.29) is 15.7 Å². The molecule has 0 spiro atoms. The third kappa shape index (κ3) is 6.67. The van der Waals surface area contributed by atoms with Crippen LogP contribution in [0.3, 0.4) is 0 Å². The molecule has 1 amide bonds. The van der Waals surface area contributed by atoms with Crippen LogP contribution in [0, 0.1) is 20.8 Å². The number of carbonyl (C=O) groups is 1. The van der Waals surface area contributed by atoms with Gasteiger partial charge in [-0.3, -0.25) is 9.52 Å². The number of amides is 1. The van der Waals surface area contributed by atoms with Crippen molar-refractivity contribution in [1.29, 1.82) is 0 Å². The summed E-state index contributed by atoms with van der Waals surface area (Å²) in [5, 5.41) is 2.04. The van der Waals surface area contributed by atoms with E-state index in [0.717, 1.165) is 17.2 Å². The van der Waals surface area contributed by atoms with Crippen molar-refractivity contribution in [2.75, 3.05) is 16.6 Å². The molecule has 0 heterocycles. The van der Waals surface area contributed by atoms with Gasteiger partial charge >= 0.3 is 6.18 Å². The van der Waals surface area contributed by atoms with Gasteiger partial charge in [-0.25, -0.2) is 8.42 Å². The van der Waals surface area contributed by atoms with Crippen LogP contribution >= 0.6 is 11.6 Å². The summed E-state index contributed by atoms with van der Waals surface area (Å²) in [5.74, 6) is -0.622. The van der Waals surface area contributed by atoms with Crippen molar-refractivity contribution in [1.82, 2.24) is 0 Å². The van der Waals surface area contributed by atoms with E-state index >= 15 is 0 Å². The molecule has 0 atom stereocenters. The fraction of sp³-hybridized carbons (Fsp3) is 0.208. The van der Waals surface area contributed by atoms with Gasteiger partial charge in [0.1, 0.15) is 5.75 Å². The number of hydrogen-bond acceptors (Lipinski definition) is 4. The summed E-state index contributed by atoms with van der Waals surface area (Å²) in [6.45, 7) is 4.79. The summed E-state index contributed by atoms with van der Waals surface area (Å²) in [7, 11) is -3.88. The van der Waals surface area contributed by atoms with E-state index in [0.29, 0.717) is 17.3 Å². The van der Waals surface area contributed by atoms with E-state index < -0.39 is 40.0 Å². The number of aryl methyl sites for hydroxylation is 3. The van der Waals surface area contributed by atoms with Crippen LogP contribution in [0.15, 0.2) is 59.5 Å². The minimum Gasteiger partial charge on any atom is -0.483 e. The fourth-order valence-electron chi connectivity index (χ4n) is 3.16. The third-order valence-corrected chi connectivity index (χ3v) is 6.75. The molecule has 0 aliphatic heterocycles. The molecule has 0 bridgehead atoms. The molecule has 3 rings (SSSR count). The zero-order chi connectivity index (χ0) is 26.0. The lowest BCUT2D eigenvalue weighted by molar-refractivity contribution is -0.137. The smallest absolute Gasteiger partial charge is 0.418 e. The van der Waals surface area contributed by atoms with Gasteiger partial charge < -0.3 is 10.1 Å². The largest absolute Gasteiger partial charge is 0.483 e. The minimum absolute atomic E-state index is 0.0130. The SMILES string of the molecule is Cc1ccc(NS(=O)(=O)c2ccc(OCC(=O)Nc3ccc(Cl)cc3C(F)(F)F)c(C)c2)cc1C. The van der Waals surface area contributed by atoms with Gasteiger partial charge in [-0.2, -0.15) is 13.2 Å². The van der Waals surface area contributed by atoms with Gasteiger partial charge in [-0.05, 0) is 86.0 Å². The highest BCUT2D eigenvalue weighted by molar-refractivity contribution is 7.92. The standard InChI is InChI=1S/C24H22ClF3N2O4S/c1-14-4-6-18(10-15(14)2)30-35(32,33)19-7-9-22(16(3)11-19)34-13-23(31)29-21-8-5-17(25)12-20(21)24(26,27)28/h4-12,30H,13H2,1-3H3,(H,29,31). The summed E-state index contributed by atoms with van der Waals surface area (Å²) in [4.78, 5) is 12.2. The molecule has 0 aromatic heterocycles. The average molecular weight is 527 g/mol. The maximum absolute atomic E-state index is 13.2. The molecule has 0 radical (unpaired) electrons. The van der Waals surface area contributed by atoms with Gasteiger partial charge in [0.2, 0.25) is 0 Å². The zero-order valence-electron chi connectivity index (χ0n) is 19.0. The van der Waals surface area contributed by atoms with Crippen LogP contribution in [0.4, 0.5) is 24.5 Å². The van der Waals surface area contributed by atoms with Crippen LogP contribution in [-0.2, 0) is 21.0 Å². The lowest BCUT2D eigenvalue weighted by Gasteiger charge is -2.15. The Morgan fingerprint density at radius 3 is 2.29 bits per heavy atom. The number of ether oxygens (including phenoxy) is 1. The quantitative estimate of drug-likeness (QED) is 0.389. The van der Waals surface area contributed by atoms with Crippen molar-refractivity contribution < 1.29 is 31.1 Å². The Balaban J connectivity index is 1.68. The molecule has 11 heteroatoms. The molecule has 0 unspecified atom stereocenters. The van der Waals surface area contributed by atoms with E-state index in [1.807, 2.05) is 19.9 Å². The number of carbonyl (C=O) groups excluding carboxylic acids is 1. The maximum Gasteiger partial charge on any atom is 0.418 e. The molecule has 0 aliphatic rings. The lowest BCUT2D eigenvalue weighted by atomic mass is 10.1. The Morgan fingerprint density at radius 1 is 0.943 bits per heavy atom. The monoisotopic (exact) mass is 526 g/mol. The number of rotatable bonds is 7. The topological polar surface area (TPSA) is 84.5 Å². The summed E-state index contributed by atoms with van der Waals surface area (Å²) in [6.07, 6.45) is -4.71. The Labute approximate surface area is 206 Å². The van der Waals surface area contributed by atoms with Crippen molar-refractivity contribution in [2.45, 2.75) is 31.8 Å². The molecule has 2 N–H and O–H groups in total.